The number of benzene rings is 1. The van der Waals surface area contributed by atoms with Crippen LogP contribution in [0.15, 0.2) is 41.8 Å². The van der Waals surface area contributed by atoms with Crippen LogP contribution in [-0.2, 0) is 21.4 Å². The van der Waals surface area contributed by atoms with Crippen LogP contribution in [-0.4, -0.2) is 63.1 Å². The number of methoxy groups -OCH3 is 1. The van der Waals surface area contributed by atoms with Gasteiger partial charge in [0.1, 0.15) is 5.75 Å². The molecule has 2 aromatic rings. The van der Waals surface area contributed by atoms with Gasteiger partial charge in [-0.25, -0.2) is 14.6 Å². The summed E-state index contributed by atoms with van der Waals surface area (Å²) in [7, 11) is 3.59. The summed E-state index contributed by atoms with van der Waals surface area (Å²) in [6.07, 6.45) is 4.15. The van der Waals surface area contributed by atoms with E-state index in [1.165, 1.54) is 0 Å². The van der Waals surface area contributed by atoms with Crippen molar-refractivity contribution in [3.05, 3.63) is 36.7 Å². The largest absolute Gasteiger partial charge is 0.497 e. The summed E-state index contributed by atoms with van der Waals surface area (Å²) in [6, 6.07) is 7.46. The third kappa shape index (κ3) is 9.94. The van der Waals surface area contributed by atoms with Gasteiger partial charge in [-0.3, -0.25) is 4.79 Å². The number of carboxylic acids is 2. The summed E-state index contributed by atoms with van der Waals surface area (Å²) in [5, 5.41) is 22.0. The van der Waals surface area contributed by atoms with Gasteiger partial charge in [0.2, 0.25) is 5.91 Å². The van der Waals surface area contributed by atoms with Crippen LogP contribution in [0.2, 0.25) is 0 Å². The molecule has 0 fully saturated rings. The fourth-order valence-corrected chi connectivity index (χ4v) is 3.00. The Hall–Kier alpha value is -3.05. The van der Waals surface area contributed by atoms with Gasteiger partial charge in [0.05, 0.1) is 7.11 Å². The molecule has 164 valence electrons. The molecule has 1 atom stereocenters. The summed E-state index contributed by atoms with van der Waals surface area (Å²) in [5.41, 5.74) is 0.747. The first kappa shape index (κ1) is 25.0. The monoisotopic (exact) mass is 438 g/mol. The highest BCUT2D eigenvalue weighted by molar-refractivity contribution is 7.99. The molecule has 1 amide bonds. The number of amides is 1. The van der Waals surface area contributed by atoms with Crippen LogP contribution in [0.5, 0.6) is 5.75 Å². The summed E-state index contributed by atoms with van der Waals surface area (Å²) in [6.45, 7) is 2.84. The van der Waals surface area contributed by atoms with Crippen molar-refractivity contribution < 1.29 is 29.3 Å². The second-order valence-electron chi connectivity index (χ2n) is 6.12. The number of carbonyl (C=O) groups is 3. The Morgan fingerprint density at radius 1 is 1.27 bits per heavy atom. The second kappa shape index (κ2) is 13.2. The Morgan fingerprint density at radius 3 is 2.53 bits per heavy atom. The maximum absolute atomic E-state index is 12.1. The molecule has 0 bridgehead atoms. The average Bonchev–Trinajstić information content (AvgIpc) is 3.10. The van der Waals surface area contributed by atoms with Gasteiger partial charge in [0, 0.05) is 56.0 Å². The van der Waals surface area contributed by atoms with Gasteiger partial charge >= 0.3 is 11.9 Å². The van der Waals surface area contributed by atoms with Gasteiger partial charge in [-0.05, 0) is 19.1 Å². The van der Waals surface area contributed by atoms with Crippen LogP contribution >= 0.6 is 11.8 Å². The lowest BCUT2D eigenvalue weighted by molar-refractivity contribution is -0.159. The number of aryl methyl sites for hydroxylation is 1. The van der Waals surface area contributed by atoms with Crippen molar-refractivity contribution in [2.75, 3.05) is 24.7 Å². The van der Waals surface area contributed by atoms with E-state index in [-0.39, 0.29) is 11.9 Å². The molecule has 30 heavy (non-hydrogen) atoms. The summed E-state index contributed by atoms with van der Waals surface area (Å²) in [5.74, 6) is -2.03. The van der Waals surface area contributed by atoms with Crippen molar-refractivity contribution in [1.82, 2.24) is 14.9 Å². The summed E-state index contributed by atoms with van der Waals surface area (Å²) < 4.78 is 7.14. The van der Waals surface area contributed by atoms with E-state index in [0.717, 1.165) is 28.9 Å². The fraction of sp³-hybridized carbons (Fsp3) is 0.368. The molecule has 0 aliphatic rings. The van der Waals surface area contributed by atoms with Crippen LogP contribution in [0.1, 0.15) is 13.3 Å². The first-order valence-electron chi connectivity index (χ1n) is 8.96. The number of ether oxygens (including phenoxy) is 1. The van der Waals surface area contributed by atoms with E-state index in [1.54, 1.807) is 31.1 Å². The van der Waals surface area contributed by atoms with Crippen molar-refractivity contribution in [3.63, 3.8) is 0 Å². The van der Waals surface area contributed by atoms with Crippen LogP contribution < -0.4 is 15.4 Å². The van der Waals surface area contributed by atoms with Gasteiger partial charge in [-0.15, -0.1) is 0 Å². The normalized spacial score (nSPS) is 11.0. The molecule has 10 nitrogen and oxygen atoms in total. The molecule has 0 saturated carbocycles. The Kier molecular flexibility index (Phi) is 11.0. The van der Waals surface area contributed by atoms with Crippen molar-refractivity contribution >= 4 is 35.3 Å². The number of aromatic nitrogens is 2. The third-order valence-corrected chi connectivity index (χ3v) is 4.69. The Labute approximate surface area is 178 Å². The lowest BCUT2D eigenvalue weighted by Gasteiger charge is -2.14. The molecular formula is C19H26N4O6S. The summed E-state index contributed by atoms with van der Waals surface area (Å²) >= 11 is 1.70. The van der Waals surface area contributed by atoms with E-state index >= 15 is 0 Å². The minimum Gasteiger partial charge on any atom is -0.497 e. The smallest absolute Gasteiger partial charge is 0.414 e. The zero-order chi connectivity index (χ0) is 22.5. The molecule has 0 saturated heterocycles. The van der Waals surface area contributed by atoms with E-state index < -0.39 is 11.9 Å². The molecule has 1 aromatic carbocycles. The van der Waals surface area contributed by atoms with Crippen molar-refractivity contribution in [2.45, 2.75) is 24.5 Å². The maximum atomic E-state index is 12.1. The lowest BCUT2D eigenvalue weighted by atomic mass is 10.2. The minimum absolute atomic E-state index is 0.0139. The maximum Gasteiger partial charge on any atom is 0.414 e. The number of anilines is 1. The Morgan fingerprint density at radius 2 is 1.97 bits per heavy atom. The number of rotatable bonds is 9. The number of nitrogens with one attached hydrogen (secondary N) is 2. The number of thioether (sulfide) groups is 1. The zero-order valence-electron chi connectivity index (χ0n) is 17.0. The fourth-order valence-electron chi connectivity index (χ4n) is 2.20. The molecule has 0 radical (unpaired) electrons. The molecule has 2 rings (SSSR count). The van der Waals surface area contributed by atoms with E-state index in [1.807, 2.05) is 42.9 Å². The van der Waals surface area contributed by atoms with Crippen LogP contribution in [0.3, 0.4) is 0 Å². The highest BCUT2D eigenvalue weighted by Crippen LogP contribution is 2.17. The van der Waals surface area contributed by atoms with Gasteiger partial charge in [0.15, 0.2) is 5.16 Å². The number of hydrogen-bond donors (Lipinski definition) is 4. The van der Waals surface area contributed by atoms with Crippen molar-refractivity contribution in [1.29, 1.82) is 0 Å². The second-order valence-corrected chi connectivity index (χ2v) is 7.18. The van der Waals surface area contributed by atoms with Crippen molar-refractivity contribution in [2.24, 2.45) is 7.05 Å². The Balaban J connectivity index is 0.000000656. The quantitative estimate of drug-likeness (QED) is 0.261. The first-order valence-corrected chi connectivity index (χ1v) is 9.95. The number of nitrogens with zero attached hydrogens (tertiary/aromatic N) is 2. The molecule has 0 aliphatic carbocycles. The predicted octanol–water partition coefficient (Wildman–Crippen LogP) is 1.68. The Bertz CT molecular complexity index is 830. The minimum atomic E-state index is -1.82. The molecule has 4 N–H and O–H groups in total. The highest BCUT2D eigenvalue weighted by atomic mass is 32.2. The summed E-state index contributed by atoms with van der Waals surface area (Å²) in [4.78, 5) is 34.5. The molecule has 1 aromatic heterocycles. The van der Waals surface area contributed by atoms with Crippen LogP contribution in [0.4, 0.5) is 5.69 Å². The number of carboxylic acid groups (broad SMARTS) is 2. The van der Waals surface area contributed by atoms with Gasteiger partial charge < -0.3 is 30.2 Å². The first-order chi connectivity index (χ1) is 14.2. The van der Waals surface area contributed by atoms with Crippen LogP contribution in [0.25, 0.3) is 0 Å². The SMILES string of the molecule is COc1cccc(NC(=O)CC(C)NCCSc2nccn2C)c1.O=C(O)C(=O)O. The third-order valence-electron chi connectivity index (χ3n) is 3.63. The van der Waals surface area contributed by atoms with E-state index in [2.05, 4.69) is 15.6 Å². The number of carbonyl (C=O) groups excluding carboxylic acids is 1. The van der Waals surface area contributed by atoms with Crippen molar-refractivity contribution in [3.8, 4) is 5.75 Å². The highest BCUT2D eigenvalue weighted by Gasteiger charge is 2.09. The lowest BCUT2D eigenvalue weighted by Crippen LogP contribution is -2.32. The van der Waals surface area contributed by atoms with Gasteiger partial charge in [0.25, 0.3) is 0 Å². The molecular weight excluding hydrogens is 412 g/mol. The number of hydrogen-bond acceptors (Lipinski definition) is 7. The molecule has 0 aliphatic heterocycles. The number of imidazole rings is 1. The van der Waals surface area contributed by atoms with E-state index in [9.17, 15) is 4.79 Å². The molecule has 0 spiro atoms. The molecule has 1 heterocycles. The van der Waals surface area contributed by atoms with E-state index in [4.69, 9.17) is 24.5 Å². The zero-order valence-corrected chi connectivity index (χ0v) is 17.8. The van der Waals surface area contributed by atoms with E-state index in [0.29, 0.717) is 6.42 Å². The van der Waals surface area contributed by atoms with Crippen LogP contribution in [0, 0.1) is 0 Å². The van der Waals surface area contributed by atoms with Gasteiger partial charge in [-0.1, -0.05) is 17.8 Å². The molecule has 11 heteroatoms. The standard InChI is InChI=1S/C17H24N4O2S.C2H2O4/c1-13(18-8-10-24-17-19-7-9-21(17)2)11-16(22)20-14-5-4-6-15(12-14)23-3;3-1(4)2(5)6/h4-7,9,12-13,18H,8,10-11H2,1-3H3,(H,20,22);(H,3,4)(H,5,6). The van der Waals surface area contributed by atoms with Gasteiger partial charge in [-0.2, -0.15) is 0 Å². The topological polar surface area (TPSA) is 143 Å². The predicted molar refractivity (Wildman–Crippen MR) is 113 cm³/mol. The average molecular weight is 439 g/mol. The molecule has 1 unspecified atom stereocenters. The number of aliphatic carboxylic acids is 2.